The Hall–Kier alpha value is -1.78. The molecular formula is C15H22N6O2S2. The number of aryl methyl sites for hydroxylation is 1. The molecule has 2 N–H and O–H groups in total. The number of anilines is 2. The van der Waals surface area contributed by atoms with E-state index in [0.29, 0.717) is 19.0 Å². The summed E-state index contributed by atoms with van der Waals surface area (Å²) in [5, 5.41) is 7.22. The molecule has 1 fully saturated rings. The number of aromatic nitrogens is 3. The zero-order chi connectivity index (χ0) is 18.0. The summed E-state index contributed by atoms with van der Waals surface area (Å²) in [7, 11) is -1.26. The molecule has 0 aliphatic carbocycles. The second-order valence-corrected chi connectivity index (χ2v) is 9.21. The lowest BCUT2D eigenvalue weighted by molar-refractivity contribution is 0.331. The molecule has 3 rings (SSSR count). The van der Waals surface area contributed by atoms with Crippen molar-refractivity contribution in [2.45, 2.75) is 25.8 Å². The van der Waals surface area contributed by atoms with E-state index >= 15 is 0 Å². The van der Waals surface area contributed by atoms with Crippen LogP contribution in [0.3, 0.4) is 0 Å². The van der Waals surface area contributed by atoms with E-state index in [2.05, 4.69) is 25.6 Å². The standard InChI is InChI=1S/C15H22N6O2S2/c1-10-13(20-15(16-2)24-10)12-4-7-17-14(19-12)18-11-5-8-21(9-6-11)25(3,22)23/h4,7,11H,5-6,8-9H2,1-3H3,(H,16,20)(H,17,18,19). The quantitative estimate of drug-likeness (QED) is 0.813. The SMILES string of the molecule is CNc1nc(-c2ccnc(NC3CCN(S(C)(=O)=O)CC3)n2)c(C)s1. The van der Waals surface area contributed by atoms with Gasteiger partial charge in [0.2, 0.25) is 16.0 Å². The molecule has 0 saturated carbocycles. The van der Waals surface area contributed by atoms with Crippen molar-refractivity contribution in [2.24, 2.45) is 0 Å². The monoisotopic (exact) mass is 382 g/mol. The molecule has 0 spiro atoms. The van der Waals surface area contributed by atoms with Gasteiger partial charge in [0.1, 0.15) is 5.69 Å². The van der Waals surface area contributed by atoms with E-state index in [-0.39, 0.29) is 6.04 Å². The predicted octanol–water partition coefficient (Wildman–Crippen LogP) is 1.79. The van der Waals surface area contributed by atoms with Gasteiger partial charge in [-0.05, 0) is 25.8 Å². The van der Waals surface area contributed by atoms with Crippen molar-refractivity contribution in [2.75, 3.05) is 37.0 Å². The normalized spacial score (nSPS) is 16.8. The number of hydrogen-bond donors (Lipinski definition) is 2. The fourth-order valence-electron chi connectivity index (χ4n) is 2.82. The van der Waals surface area contributed by atoms with E-state index < -0.39 is 10.0 Å². The fraction of sp³-hybridized carbons (Fsp3) is 0.533. The van der Waals surface area contributed by atoms with Crippen molar-refractivity contribution in [3.8, 4) is 11.4 Å². The van der Waals surface area contributed by atoms with Crippen molar-refractivity contribution in [3.05, 3.63) is 17.1 Å². The third-order valence-electron chi connectivity index (χ3n) is 4.16. The van der Waals surface area contributed by atoms with Crippen molar-refractivity contribution in [1.82, 2.24) is 19.3 Å². The van der Waals surface area contributed by atoms with Gasteiger partial charge in [-0.2, -0.15) is 0 Å². The van der Waals surface area contributed by atoms with Gasteiger partial charge in [0, 0.05) is 37.3 Å². The van der Waals surface area contributed by atoms with E-state index in [9.17, 15) is 8.42 Å². The molecule has 0 atom stereocenters. The number of piperidine rings is 1. The predicted molar refractivity (Wildman–Crippen MR) is 100 cm³/mol. The summed E-state index contributed by atoms with van der Waals surface area (Å²) in [5.41, 5.74) is 1.63. The number of thiazole rings is 1. The lowest BCUT2D eigenvalue weighted by Gasteiger charge is -2.30. The van der Waals surface area contributed by atoms with Crippen LogP contribution in [0.25, 0.3) is 11.4 Å². The number of nitrogens with zero attached hydrogens (tertiary/aromatic N) is 4. The Morgan fingerprint density at radius 1 is 1.28 bits per heavy atom. The lowest BCUT2D eigenvalue weighted by Crippen LogP contribution is -2.42. The topological polar surface area (TPSA) is 100 Å². The first kappa shape index (κ1) is 18.0. The highest BCUT2D eigenvalue weighted by molar-refractivity contribution is 7.88. The summed E-state index contributed by atoms with van der Waals surface area (Å²) in [6.45, 7) is 3.06. The first-order valence-corrected chi connectivity index (χ1v) is 10.7. The highest BCUT2D eigenvalue weighted by Crippen LogP contribution is 2.29. The summed E-state index contributed by atoms with van der Waals surface area (Å²) in [6.07, 6.45) is 4.44. The molecule has 0 bridgehead atoms. The Morgan fingerprint density at radius 2 is 2.00 bits per heavy atom. The Morgan fingerprint density at radius 3 is 2.60 bits per heavy atom. The van der Waals surface area contributed by atoms with Crippen molar-refractivity contribution < 1.29 is 8.42 Å². The minimum atomic E-state index is -3.11. The largest absolute Gasteiger partial charge is 0.365 e. The van der Waals surface area contributed by atoms with Crippen LogP contribution in [0.1, 0.15) is 17.7 Å². The smallest absolute Gasteiger partial charge is 0.223 e. The van der Waals surface area contributed by atoms with Gasteiger partial charge in [-0.25, -0.2) is 27.7 Å². The highest BCUT2D eigenvalue weighted by atomic mass is 32.2. The molecule has 0 unspecified atom stereocenters. The number of hydrogen-bond acceptors (Lipinski definition) is 8. The molecule has 25 heavy (non-hydrogen) atoms. The second-order valence-electron chi connectivity index (χ2n) is 6.02. The van der Waals surface area contributed by atoms with Crippen LogP contribution in [0.5, 0.6) is 0 Å². The number of rotatable bonds is 5. The van der Waals surface area contributed by atoms with Crippen LogP contribution in [-0.4, -0.2) is 60.1 Å². The molecule has 1 saturated heterocycles. The van der Waals surface area contributed by atoms with Gasteiger partial charge in [0.25, 0.3) is 0 Å². The minimum absolute atomic E-state index is 0.164. The van der Waals surface area contributed by atoms with Gasteiger partial charge >= 0.3 is 0 Å². The summed E-state index contributed by atoms with van der Waals surface area (Å²) in [4.78, 5) is 14.5. The molecule has 0 radical (unpaired) electrons. The van der Waals surface area contributed by atoms with Crippen LogP contribution in [0.4, 0.5) is 11.1 Å². The summed E-state index contributed by atoms with van der Waals surface area (Å²) in [6, 6.07) is 2.01. The molecule has 3 heterocycles. The molecule has 8 nitrogen and oxygen atoms in total. The summed E-state index contributed by atoms with van der Waals surface area (Å²) >= 11 is 1.59. The van der Waals surface area contributed by atoms with Gasteiger partial charge in [-0.15, -0.1) is 11.3 Å². The average molecular weight is 383 g/mol. The van der Waals surface area contributed by atoms with E-state index in [0.717, 1.165) is 34.2 Å². The van der Waals surface area contributed by atoms with E-state index in [1.165, 1.54) is 10.6 Å². The zero-order valence-electron chi connectivity index (χ0n) is 14.5. The molecule has 2 aromatic rings. The van der Waals surface area contributed by atoms with Crippen LogP contribution in [-0.2, 0) is 10.0 Å². The van der Waals surface area contributed by atoms with Crippen LogP contribution in [0, 0.1) is 6.92 Å². The number of nitrogens with one attached hydrogen (secondary N) is 2. The zero-order valence-corrected chi connectivity index (χ0v) is 16.1. The molecular weight excluding hydrogens is 360 g/mol. The maximum atomic E-state index is 11.6. The van der Waals surface area contributed by atoms with Crippen LogP contribution in [0.2, 0.25) is 0 Å². The Balaban J connectivity index is 1.69. The number of sulfonamides is 1. The Bertz CT molecular complexity index is 843. The lowest BCUT2D eigenvalue weighted by atomic mass is 10.1. The van der Waals surface area contributed by atoms with Gasteiger partial charge in [0.15, 0.2) is 5.13 Å². The van der Waals surface area contributed by atoms with Crippen molar-refractivity contribution >= 4 is 32.4 Å². The molecule has 1 aliphatic rings. The molecule has 2 aromatic heterocycles. The van der Waals surface area contributed by atoms with Gasteiger partial charge in [-0.3, -0.25) is 0 Å². The highest BCUT2D eigenvalue weighted by Gasteiger charge is 2.25. The van der Waals surface area contributed by atoms with Crippen molar-refractivity contribution in [3.63, 3.8) is 0 Å². The Kier molecular flexibility index (Phi) is 5.21. The fourth-order valence-corrected chi connectivity index (χ4v) is 4.47. The van der Waals surface area contributed by atoms with Crippen molar-refractivity contribution in [1.29, 1.82) is 0 Å². The van der Waals surface area contributed by atoms with E-state index in [1.54, 1.807) is 17.5 Å². The average Bonchev–Trinajstić information content (AvgIpc) is 2.96. The summed E-state index contributed by atoms with van der Waals surface area (Å²) in [5.74, 6) is 0.550. The third kappa shape index (κ3) is 4.25. The maximum Gasteiger partial charge on any atom is 0.223 e. The molecule has 10 heteroatoms. The first-order valence-electron chi connectivity index (χ1n) is 8.07. The Labute approximate surface area is 151 Å². The molecule has 136 valence electrons. The third-order valence-corrected chi connectivity index (χ3v) is 6.46. The maximum absolute atomic E-state index is 11.6. The molecule has 0 amide bonds. The van der Waals surface area contributed by atoms with Gasteiger partial charge < -0.3 is 10.6 Å². The van der Waals surface area contributed by atoms with Crippen LogP contribution in [0.15, 0.2) is 12.3 Å². The first-order chi connectivity index (χ1) is 11.9. The molecule has 1 aliphatic heterocycles. The van der Waals surface area contributed by atoms with Gasteiger partial charge in [0.05, 0.1) is 11.9 Å². The summed E-state index contributed by atoms with van der Waals surface area (Å²) < 4.78 is 24.7. The van der Waals surface area contributed by atoms with E-state index in [4.69, 9.17) is 0 Å². The van der Waals surface area contributed by atoms with E-state index in [1.807, 2.05) is 20.0 Å². The van der Waals surface area contributed by atoms with Crippen LogP contribution >= 0.6 is 11.3 Å². The van der Waals surface area contributed by atoms with Crippen LogP contribution < -0.4 is 10.6 Å². The minimum Gasteiger partial charge on any atom is -0.365 e. The van der Waals surface area contributed by atoms with Gasteiger partial charge in [-0.1, -0.05) is 0 Å². The second kappa shape index (κ2) is 7.22. The molecule has 0 aromatic carbocycles.